The zero-order valence-electron chi connectivity index (χ0n) is 15.2. The van der Waals surface area contributed by atoms with Crippen LogP contribution in [0.4, 0.5) is 4.79 Å². The van der Waals surface area contributed by atoms with Crippen LogP contribution < -0.4 is 14.8 Å². The summed E-state index contributed by atoms with van der Waals surface area (Å²) in [5.74, 6) is -1.16. The normalized spacial score (nSPS) is 17.3. The van der Waals surface area contributed by atoms with Crippen molar-refractivity contribution in [1.29, 1.82) is 0 Å². The van der Waals surface area contributed by atoms with Crippen LogP contribution in [0.25, 0.3) is 0 Å². The van der Waals surface area contributed by atoms with Crippen molar-refractivity contribution in [3.05, 3.63) is 23.8 Å². The number of nitrogens with one attached hydrogen (secondary N) is 1. The van der Waals surface area contributed by atoms with Crippen molar-refractivity contribution in [2.24, 2.45) is 0 Å². The van der Waals surface area contributed by atoms with Crippen LogP contribution in [0.5, 0.6) is 11.5 Å². The van der Waals surface area contributed by atoms with Crippen molar-refractivity contribution in [1.82, 2.24) is 15.1 Å². The molecule has 3 rings (SSSR count). The van der Waals surface area contributed by atoms with Crippen molar-refractivity contribution in [2.45, 2.75) is 26.3 Å². The van der Waals surface area contributed by atoms with E-state index in [4.69, 9.17) is 9.47 Å². The van der Waals surface area contributed by atoms with Gasteiger partial charge in [0, 0.05) is 6.54 Å². The Bertz CT molecular complexity index is 793. The van der Waals surface area contributed by atoms with E-state index in [2.05, 4.69) is 5.32 Å². The first-order valence-electron chi connectivity index (χ1n) is 8.78. The van der Waals surface area contributed by atoms with Crippen LogP contribution in [0.15, 0.2) is 18.2 Å². The Kier molecular flexibility index (Phi) is 5.29. The van der Waals surface area contributed by atoms with Gasteiger partial charge in [-0.15, -0.1) is 0 Å². The Morgan fingerprint density at radius 3 is 2.48 bits per heavy atom. The monoisotopic (exact) mass is 375 g/mol. The molecule has 0 aliphatic carbocycles. The summed E-state index contributed by atoms with van der Waals surface area (Å²) in [5, 5.41) is 2.72. The number of rotatable bonds is 6. The fraction of sp³-hybridized carbons (Fsp3) is 0.444. The predicted octanol–water partition coefficient (Wildman–Crippen LogP) is 0.836. The molecule has 9 nitrogen and oxygen atoms in total. The maximum atomic E-state index is 12.3. The first-order chi connectivity index (χ1) is 12.9. The van der Waals surface area contributed by atoms with Crippen LogP contribution in [0, 0.1) is 0 Å². The second-order valence-corrected chi connectivity index (χ2v) is 6.32. The first-order valence-corrected chi connectivity index (χ1v) is 8.78. The molecule has 1 aromatic rings. The molecule has 0 aromatic heterocycles. The quantitative estimate of drug-likeness (QED) is 0.583. The number of nitrogens with zero attached hydrogens (tertiary/aromatic N) is 2. The molecular formula is C18H21N3O6. The predicted molar refractivity (Wildman–Crippen MR) is 93.1 cm³/mol. The van der Waals surface area contributed by atoms with Crippen LogP contribution >= 0.6 is 0 Å². The maximum absolute atomic E-state index is 12.3. The molecule has 0 saturated carbocycles. The van der Waals surface area contributed by atoms with Crippen molar-refractivity contribution < 1.29 is 28.7 Å². The van der Waals surface area contributed by atoms with Crippen LogP contribution in [0.1, 0.15) is 31.9 Å². The van der Waals surface area contributed by atoms with Crippen molar-refractivity contribution in [3.8, 4) is 11.5 Å². The van der Waals surface area contributed by atoms with Gasteiger partial charge in [-0.2, -0.15) is 0 Å². The van der Waals surface area contributed by atoms with Crippen LogP contribution in [0.2, 0.25) is 0 Å². The van der Waals surface area contributed by atoms with E-state index in [9.17, 15) is 19.2 Å². The molecule has 1 N–H and O–H groups in total. The van der Waals surface area contributed by atoms with E-state index in [-0.39, 0.29) is 12.6 Å². The Morgan fingerprint density at radius 1 is 1.11 bits per heavy atom. The van der Waals surface area contributed by atoms with Crippen LogP contribution in [-0.2, 0) is 14.4 Å². The van der Waals surface area contributed by atoms with Gasteiger partial charge in [0.05, 0.1) is 6.04 Å². The highest BCUT2D eigenvalue weighted by molar-refractivity contribution is 6.45. The van der Waals surface area contributed by atoms with Gasteiger partial charge in [-0.25, -0.2) is 9.69 Å². The zero-order chi connectivity index (χ0) is 19.6. The molecule has 0 unspecified atom stereocenters. The molecule has 0 radical (unpaired) electrons. The van der Waals surface area contributed by atoms with E-state index in [1.54, 1.807) is 32.0 Å². The van der Waals surface area contributed by atoms with Crippen LogP contribution in [0.3, 0.4) is 0 Å². The number of imide groups is 2. The molecule has 1 fully saturated rings. The molecule has 2 aliphatic rings. The lowest BCUT2D eigenvalue weighted by Crippen LogP contribution is -2.42. The number of carbonyl (C=O) groups is 4. The molecule has 0 spiro atoms. The second kappa shape index (κ2) is 7.65. The van der Waals surface area contributed by atoms with Gasteiger partial charge in [0.1, 0.15) is 19.8 Å². The molecule has 1 aromatic carbocycles. The average Bonchev–Trinajstić information content (AvgIpc) is 2.86. The van der Waals surface area contributed by atoms with Gasteiger partial charge in [-0.1, -0.05) is 13.0 Å². The summed E-state index contributed by atoms with van der Waals surface area (Å²) in [7, 11) is 0. The van der Waals surface area contributed by atoms with Crippen molar-refractivity contribution in [2.75, 3.05) is 26.3 Å². The molecule has 5 amide bonds. The SMILES string of the molecule is CCCN1C(=O)C(=O)N(CC(=O)N[C@H](C)c2ccc3c(c2)OCCO3)C1=O. The first kappa shape index (κ1) is 18.7. The molecular weight excluding hydrogens is 354 g/mol. The van der Waals surface area contributed by atoms with E-state index in [0.29, 0.717) is 36.0 Å². The Labute approximate surface area is 156 Å². The standard InChI is InChI=1S/C18H21N3O6/c1-3-6-20-16(23)17(24)21(18(20)25)10-15(22)19-11(2)12-4-5-13-14(9-12)27-8-7-26-13/h4-5,9,11H,3,6-8,10H2,1-2H3,(H,19,22)/t11-/m1/s1. The highest BCUT2D eigenvalue weighted by Gasteiger charge is 2.44. The number of carbonyl (C=O) groups excluding carboxylic acids is 4. The summed E-state index contributed by atoms with van der Waals surface area (Å²) < 4.78 is 11.0. The van der Waals surface area contributed by atoms with Gasteiger partial charge in [0.2, 0.25) is 5.91 Å². The fourth-order valence-corrected chi connectivity index (χ4v) is 2.95. The van der Waals surface area contributed by atoms with Gasteiger partial charge < -0.3 is 14.8 Å². The van der Waals surface area contributed by atoms with Gasteiger partial charge >= 0.3 is 17.8 Å². The topological polar surface area (TPSA) is 105 Å². The number of ether oxygens (including phenoxy) is 2. The smallest absolute Gasteiger partial charge is 0.334 e. The summed E-state index contributed by atoms with van der Waals surface area (Å²) in [6.45, 7) is 4.15. The Morgan fingerprint density at radius 2 is 1.78 bits per heavy atom. The minimum absolute atomic E-state index is 0.148. The minimum atomic E-state index is -0.976. The molecule has 2 aliphatic heterocycles. The number of hydrogen-bond donors (Lipinski definition) is 1. The van der Waals surface area contributed by atoms with Gasteiger partial charge in [-0.3, -0.25) is 19.3 Å². The summed E-state index contributed by atoms with van der Waals surface area (Å²) in [6, 6.07) is 4.20. The Hall–Kier alpha value is -3.10. The number of fused-ring (bicyclic) bond motifs is 1. The molecule has 1 saturated heterocycles. The number of benzene rings is 1. The van der Waals surface area contributed by atoms with Crippen LogP contribution in [-0.4, -0.2) is 59.9 Å². The van der Waals surface area contributed by atoms with E-state index in [1.165, 1.54) is 0 Å². The average molecular weight is 375 g/mol. The van der Waals surface area contributed by atoms with E-state index >= 15 is 0 Å². The van der Waals surface area contributed by atoms with Gasteiger partial charge in [-0.05, 0) is 31.0 Å². The highest BCUT2D eigenvalue weighted by Crippen LogP contribution is 2.32. The summed E-state index contributed by atoms with van der Waals surface area (Å²) >= 11 is 0. The molecule has 144 valence electrons. The number of urea groups is 1. The highest BCUT2D eigenvalue weighted by atomic mass is 16.6. The van der Waals surface area contributed by atoms with Crippen molar-refractivity contribution in [3.63, 3.8) is 0 Å². The number of amides is 5. The largest absolute Gasteiger partial charge is 0.486 e. The number of hydrogen-bond acceptors (Lipinski definition) is 6. The third kappa shape index (κ3) is 3.71. The second-order valence-electron chi connectivity index (χ2n) is 6.32. The lowest BCUT2D eigenvalue weighted by Gasteiger charge is -2.21. The van der Waals surface area contributed by atoms with E-state index < -0.39 is 30.3 Å². The summed E-state index contributed by atoms with van der Waals surface area (Å²) in [4.78, 5) is 49.8. The molecule has 2 heterocycles. The summed E-state index contributed by atoms with van der Waals surface area (Å²) in [6.07, 6.45) is 0.534. The van der Waals surface area contributed by atoms with Gasteiger partial charge in [0.15, 0.2) is 11.5 Å². The molecule has 1 atom stereocenters. The summed E-state index contributed by atoms with van der Waals surface area (Å²) in [5.41, 5.74) is 0.787. The maximum Gasteiger partial charge on any atom is 0.334 e. The van der Waals surface area contributed by atoms with E-state index in [0.717, 1.165) is 10.5 Å². The lowest BCUT2D eigenvalue weighted by molar-refractivity contribution is -0.144. The zero-order valence-corrected chi connectivity index (χ0v) is 15.2. The lowest BCUT2D eigenvalue weighted by atomic mass is 10.1. The van der Waals surface area contributed by atoms with E-state index in [1.807, 2.05) is 0 Å². The molecule has 9 heteroatoms. The third-order valence-electron chi connectivity index (χ3n) is 4.33. The fourth-order valence-electron chi connectivity index (χ4n) is 2.95. The molecule has 27 heavy (non-hydrogen) atoms. The van der Waals surface area contributed by atoms with Crippen molar-refractivity contribution >= 4 is 23.8 Å². The minimum Gasteiger partial charge on any atom is -0.486 e. The third-order valence-corrected chi connectivity index (χ3v) is 4.33. The van der Waals surface area contributed by atoms with Gasteiger partial charge in [0.25, 0.3) is 0 Å². The molecule has 0 bridgehead atoms. The Balaban J connectivity index is 1.63.